The van der Waals surface area contributed by atoms with Crippen molar-refractivity contribution in [2.75, 3.05) is 0 Å². The summed E-state index contributed by atoms with van der Waals surface area (Å²) in [6, 6.07) is 0. The lowest BCUT2D eigenvalue weighted by Gasteiger charge is -2.25. The molecule has 0 aromatic rings. The predicted octanol–water partition coefficient (Wildman–Crippen LogP) is 2.01. The summed E-state index contributed by atoms with van der Waals surface area (Å²) in [5.74, 6) is -1.04. The third-order valence-electron chi connectivity index (χ3n) is 2.40. The van der Waals surface area contributed by atoms with Crippen LogP contribution in [0.1, 0.15) is 32.1 Å². The van der Waals surface area contributed by atoms with Crippen molar-refractivity contribution in [3.8, 4) is 0 Å². The Morgan fingerprint density at radius 2 is 2.15 bits per heavy atom. The lowest BCUT2D eigenvalue weighted by atomic mass is 9.83. The van der Waals surface area contributed by atoms with Gasteiger partial charge < -0.3 is 9.90 Å². The molecule has 0 N–H and O–H groups in total. The molecule has 0 saturated heterocycles. The molecule has 0 aromatic heterocycles. The van der Waals surface area contributed by atoms with Crippen LogP contribution in [0.25, 0.3) is 0 Å². The summed E-state index contributed by atoms with van der Waals surface area (Å²) in [4.78, 5) is 10.4. The molecule has 2 nitrogen and oxygen atoms in total. The van der Waals surface area contributed by atoms with Gasteiger partial charge in [-0.2, -0.15) is 0 Å². The second kappa shape index (κ2) is 4.87. The van der Waals surface area contributed by atoms with Crippen molar-refractivity contribution in [1.82, 2.24) is 0 Å². The first kappa shape index (κ1) is 10.9. The SMILES string of the molecule is O=C([O-])C[C@@H]1CCCCC1=C(Cl)Cl. The topological polar surface area (TPSA) is 40.1 Å². The summed E-state index contributed by atoms with van der Waals surface area (Å²) in [6.07, 6.45) is 3.80. The molecule has 1 aliphatic rings. The van der Waals surface area contributed by atoms with E-state index in [1.165, 1.54) is 0 Å². The molecule has 1 rings (SSSR count). The van der Waals surface area contributed by atoms with Crippen LogP contribution in [0.3, 0.4) is 0 Å². The Balaban J connectivity index is 2.68. The highest BCUT2D eigenvalue weighted by Gasteiger charge is 2.21. The zero-order chi connectivity index (χ0) is 9.84. The lowest BCUT2D eigenvalue weighted by Crippen LogP contribution is -2.27. The van der Waals surface area contributed by atoms with Crippen LogP contribution in [0.15, 0.2) is 10.1 Å². The highest BCUT2D eigenvalue weighted by Crippen LogP contribution is 2.35. The minimum Gasteiger partial charge on any atom is -0.550 e. The molecule has 13 heavy (non-hydrogen) atoms. The van der Waals surface area contributed by atoms with E-state index in [0.717, 1.165) is 31.3 Å². The summed E-state index contributed by atoms with van der Waals surface area (Å²) in [5, 5.41) is 10.4. The number of allylic oxidation sites excluding steroid dienone is 1. The van der Waals surface area contributed by atoms with E-state index in [4.69, 9.17) is 23.2 Å². The third kappa shape index (κ3) is 3.20. The van der Waals surface area contributed by atoms with Gasteiger partial charge in [-0.05, 0) is 37.2 Å². The largest absolute Gasteiger partial charge is 0.550 e. The molecule has 1 atom stereocenters. The number of carbonyl (C=O) groups excluding carboxylic acids is 1. The van der Waals surface area contributed by atoms with Gasteiger partial charge in [0, 0.05) is 5.97 Å². The average Bonchev–Trinajstić information content (AvgIpc) is 2.03. The van der Waals surface area contributed by atoms with Gasteiger partial charge in [0.05, 0.1) is 0 Å². The van der Waals surface area contributed by atoms with Gasteiger partial charge in [-0.25, -0.2) is 0 Å². The number of carboxylic acids is 1. The Bertz CT molecular complexity index is 232. The standard InChI is InChI=1S/C9H12Cl2O2/c10-9(11)7-4-2-1-3-6(7)5-8(12)13/h6H,1-5H2,(H,12,13)/p-1/t6-/m0/s1. The molecule has 0 heterocycles. The highest BCUT2D eigenvalue weighted by atomic mass is 35.5. The Morgan fingerprint density at radius 3 is 2.69 bits per heavy atom. The molecular formula is C9H11Cl2O2-. The molecule has 0 aliphatic heterocycles. The van der Waals surface area contributed by atoms with Crippen LogP contribution in [0.4, 0.5) is 0 Å². The van der Waals surface area contributed by atoms with E-state index in [9.17, 15) is 9.90 Å². The second-order valence-electron chi connectivity index (χ2n) is 3.30. The summed E-state index contributed by atoms with van der Waals surface area (Å²) in [7, 11) is 0. The number of rotatable bonds is 2. The number of hydrogen-bond donors (Lipinski definition) is 0. The molecule has 0 amide bonds. The van der Waals surface area contributed by atoms with Gasteiger partial charge in [0.1, 0.15) is 4.49 Å². The van der Waals surface area contributed by atoms with Crippen molar-refractivity contribution in [3.63, 3.8) is 0 Å². The lowest BCUT2D eigenvalue weighted by molar-refractivity contribution is -0.306. The molecule has 0 spiro atoms. The Labute approximate surface area is 87.5 Å². The van der Waals surface area contributed by atoms with Crippen LogP contribution in [0, 0.1) is 5.92 Å². The molecule has 0 bridgehead atoms. The molecular weight excluding hydrogens is 211 g/mol. The summed E-state index contributed by atoms with van der Waals surface area (Å²) >= 11 is 11.3. The van der Waals surface area contributed by atoms with Crippen molar-refractivity contribution >= 4 is 29.2 Å². The van der Waals surface area contributed by atoms with E-state index >= 15 is 0 Å². The van der Waals surface area contributed by atoms with Crippen LogP contribution in [-0.4, -0.2) is 5.97 Å². The predicted molar refractivity (Wildman–Crippen MR) is 50.3 cm³/mol. The van der Waals surface area contributed by atoms with E-state index in [0.29, 0.717) is 0 Å². The average molecular weight is 222 g/mol. The van der Waals surface area contributed by atoms with Gasteiger partial charge in [0.2, 0.25) is 0 Å². The molecule has 0 unspecified atom stereocenters. The van der Waals surface area contributed by atoms with Gasteiger partial charge in [-0.3, -0.25) is 0 Å². The van der Waals surface area contributed by atoms with E-state index in [1.807, 2.05) is 0 Å². The zero-order valence-electron chi connectivity index (χ0n) is 7.19. The van der Waals surface area contributed by atoms with Crippen LogP contribution < -0.4 is 5.11 Å². The minimum atomic E-state index is -1.03. The Hall–Kier alpha value is -0.210. The first-order valence-corrected chi connectivity index (χ1v) is 5.10. The molecule has 74 valence electrons. The van der Waals surface area contributed by atoms with Gasteiger partial charge >= 0.3 is 0 Å². The van der Waals surface area contributed by atoms with Crippen molar-refractivity contribution in [3.05, 3.63) is 10.1 Å². The quantitative estimate of drug-likeness (QED) is 0.716. The first-order valence-electron chi connectivity index (χ1n) is 4.35. The van der Waals surface area contributed by atoms with E-state index < -0.39 is 5.97 Å². The van der Waals surface area contributed by atoms with Gasteiger partial charge in [-0.1, -0.05) is 29.6 Å². The van der Waals surface area contributed by atoms with E-state index in [2.05, 4.69) is 0 Å². The maximum atomic E-state index is 10.4. The zero-order valence-corrected chi connectivity index (χ0v) is 8.70. The van der Waals surface area contributed by atoms with Gasteiger partial charge in [0.15, 0.2) is 0 Å². The van der Waals surface area contributed by atoms with Crippen molar-refractivity contribution in [2.45, 2.75) is 32.1 Å². The molecule has 0 radical (unpaired) electrons. The fraction of sp³-hybridized carbons (Fsp3) is 0.667. The van der Waals surface area contributed by atoms with Crippen molar-refractivity contribution in [1.29, 1.82) is 0 Å². The van der Waals surface area contributed by atoms with Crippen LogP contribution in [0.2, 0.25) is 0 Å². The first-order chi connectivity index (χ1) is 6.11. The second-order valence-corrected chi connectivity index (χ2v) is 4.25. The highest BCUT2D eigenvalue weighted by molar-refractivity contribution is 6.56. The smallest absolute Gasteiger partial charge is 0.106 e. The maximum Gasteiger partial charge on any atom is 0.106 e. The molecule has 0 aromatic carbocycles. The normalized spacial score (nSPS) is 22.9. The van der Waals surface area contributed by atoms with Gasteiger partial charge in [-0.15, -0.1) is 0 Å². The van der Waals surface area contributed by atoms with Crippen molar-refractivity contribution in [2.24, 2.45) is 5.92 Å². The van der Waals surface area contributed by atoms with E-state index in [1.54, 1.807) is 0 Å². The fourth-order valence-electron chi connectivity index (χ4n) is 1.76. The number of halogens is 2. The fourth-order valence-corrected chi connectivity index (χ4v) is 2.26. The summed E-state index contributed by atoms with van der Waals surface area (Å²) < 4.78 is 0.242. The minimum absolute atomic E-state index is 0.0104. The number of carboxylic acid groups (broad SMARTS) is 1. The van der Waals surface area contributed by atoms with E-state index in [-0.39, 0.29) is 16.8 Å². The van der Waals surface area contributed by atoms with Crippen molar-refractivity contribution < 1.29 is 9.90 Å². The van der Waals surface area contributed by atoms with Crippen LogP contribution in [-0.2, 0) is 4.79 Å². The number of aliphatic carboxylic acids is 1. The third-order valence-corrected chi connectivity index (χ3v) is 2.88. The maximum absolute atomic E-state index is 10.4. The number of carbonyl (C=O) groups is 1. The number of hydrogen-bond acceptors (Lipinski definition) is 2. The summed E-state index contributed by atoms with van der Waals surface area (Å²) in [6.45, 7) is 0. The molecule has 1 fully saturated rings. The van der Waals surface area contributed by atoms with Gasteiger partial charge in [0.25, 0.3) is 0 Å². The monoisotopic (exact) mass is 221 g/mol. The van der Waals surface area contributed by atoms with Crippen LogP contribution >= 0.6 is 23.2 Å². The Kier molecular flexibility index (Phi) is 4.07. The molecule has 1 saturated carbocycles. The molecule has 4 heteroatoms. The Morgan fingerprint density at radius 1 is 1.46 bits per heavy atom. The summed E-state index contributed by atoms with van der Waals surface area (Å²) in [5.41, 5.74) is 0.888. The molecule has 1 aliphatic carbocycles. The van der Waals surface area contributed by atoms with Crippen LogP contribution in [0.5, 0.6) is 0 Å².